The van der Waals surface area contributed by atoms with E-state index in [-0.39, 0.29) is 12.3 Å². The number of benzene rings is 1. The molecule has 0 aromatic heterocycles. The van der Waals surface area contributed by atoms with E-state index in [0.29, 0.717) is 4.90 Å². The quantitative estimate of drug-likeness (QED) is 0.245. The largest absolute Gasteiger partial charge is 0.463 e. The number of ether oxygens (including phenoxy) is 4. The number of nitro groups is 1. The second-order valence-electron chi connectivity index (χ2n) is 7.09. The van der Waals surface area contributed by atoms with Crippen LogP contribution in [0.15, 0.2) is 29.2 Å². The lowest BCUT2D eigenvalue weighted by Gasteiger charge is -2.45. The number of nitrogens with one attached hydrogen (secondary N) is 1. The minimum atomic E-state index is -1.18. The highest BCUT2D eigenvalue weighted by Gasteiger charge is 2.51. The second kappa shape index (κ2) is 11.6. The Morgan fingerprint density at radius 2 is 1.58 bits per heavy atom. The van der Waals surface area contributed by atoms with Gasteiger partial charge in [-0.25, -0.2) is 0 Å². The lowest BCUT2D eigenvalue weighted by molar-refractivity contribution is -0.384. The molecule has 1 aliphatic heterocycles. The minimum Gasteiger partial charge on any atom is -0.463 e. The first-order chi connectivity index (χ1) is 15.5. The standard InChI is InChI=1S/C20H24N2O10S/c1-10(23)21-17-19(31-13(4)26)18(30-12(3)25)16(9-29-11(2)24)32-20(17)33-15-7-5-14(6-8-15)22(27)28/h5-8,16-20H,9H2,1-4H3,(H,21,23)/t16-,17-,18-,19-,20-/m1/s1. The van der Waals surface area contributed by atoms with Gasteiger partial charge in [-0.1, -0.05) is 11.8 Å². The van der Waals surface area contributed by atoms with Gasteiger partial charge in [0.15, 0.2) is 12.2 Å². The van der Waals surface area contributed by atoms with E-state index in [2.05, 4.69) is 5.32 Å². The number of hydrogen-bond acceptors (Lipinski definition) is 11. The number of esters is 3. The van der Waals surface area contributed by atoms with Crippen LogP contribution >= 0.6 is 11.8 Å². The van der Waals surface area contributed by atoms with Gasteiger partial charge < -0.3 is 24.3 Å². The molecule has 1 aromatic carbocycles. The van der Waals surface area contributed by atoms with Gasteiger partial charge in [-0.15, -0.1) is 0 Å². The van der Waals surface area contributed by atoms with Gasteiger partial charge in [0.2, 0.25) is 5.91 Å². The number of nitro benzene ring substituents is 1. The van der Waals surface area contributed by atoms with Crippen molar-refractivity contribution < 1.29 is 43.0 Å². The van der Waals surface area contributed by atoms with E-state index in [9.17, 15) is 29.3 Å². The first-order valence-corrected chi connectivity index (χ1v) is 10.7. The molecule has 12 nitrogen and oxygen atoms in total. The molecule has 1 N–H and O–H groups in total. The van der Waals surface area contributed by atoms with E-state index >= 15 is 0 Å². The van der Waals surface area contributed by atoms with Gasteiger partial charge in [-0.2, -0.15) is 0 Å². The van der Waals surface area contributed by atoms with Crippen molar-refractivity contribution in [3.63, 3.8) is 0 Å². The van der Waals surface area contributed by atoms with E-state index < -0.39 is 58.5 Å². The molecule has 0 unspecified atom stereocenters. The van der Waals surface area contributed by atoms with Crippen LogP contribution in [0, 0.1) is 10.1 Å². The number of carbonyl (C=O) groups excluding carboxylic acids is 4. The summed E-state index contributed by atoms with van der Waals surface area (Å²) in [7, 11) is 0. The van der Waals surface area contributed by atoms with Crippen molar-refractivity contribution in [3.05, 3.63) is 34.4 Å². The monoisotopic (exact) mass is 484 g/mol. The number of non-ortho nitro benzene ring substituents is 1. The molecule has 0 spiro atoms. The topological polar surface area (TPSA) is 160 Å². The molecule has 0 saturated carbocycles. The van der Waals surface area contributed by atoms with Gasteiger partial charge in [0.1, 0.15) is 24.2 Å². The van der Waals surface area contributed by atoms with Crippen molar-refractivity contribution in [2.24, 2.45) is 0 Å². The summed E-state index contributed by atoms with van der Waals surface area (Å²) in [5, 5.41) is 13.6. The van der Waals surface area contributed by atoms with Crippen molar-refractivity contribution >= 4 is 41.3 Å². The minimum absolute atomic E-state index is 0.109. The summed E-state index contributed by atoms with van der Waals surface area (Å²) in [4.78, 5) is 57.8. The van der Waals surface area contributed by atoms with Crippen LogP contribution in [0.4, 0.5) is 5.69 Å². The number of amides is 1. The predicted molar refractivity (Wildman–Crippen MR) is 113 cm³/mol. The maximum atomic E-state index is 11.9. The van der Waals surface area contributed by atoms with Gasteiger partial charge in [-0.3, -0.25) is 29.3 Å². The maximum absolute atomic E-state index is 11.9. The molecule has 0 aliphatic carbocycles. The Balaban J connectivity index is 2.43. The third-order valence-electron chi connectivity index (χ3n) is 4.37. The van der Waals surface area contributed by atoms with E-state index in [0.717, 1.165) is 25.6 Å². The van der Waals surface area contributed by atoms with Crippen LogP contribution in [0.3, 0.4) is 0 Å². The van der Waals surface area contributed by atoms with Crippen LogP contribution in [0.25, 0.3) is 0 Å². The first kappa shape index (κ1) is 26.1. The Kier molecular flexibility index (Phi) is 9.17. The zero-order chi connectivity index (χ0) is 24.7. The number of nitrogens with zero attached hydrogens (tertiary/aromatic N) is 1. The summed E-state index contributed by atoms with van der Waals surface area (Å²) < 4.78 is 21.8. The Hall–Kier alpha value is -3.19. The number of rotatable bonds is 8. The third kappa shape index (κ3) is 7.71. The Morgan fingerprint density at radius 1 is 1.00 bits per heavy atom. The fourth-order valence-corrected chi connectivity index (χ4v) is 4.30. The van der Waals surface area contributed by atoms with Crippen LogP contribution in [-0.4, -0.2) is 65.1 Å². The molecule has 1 aliphatic rings. The molecule has 13 heteroatoms. The first-order valence-electron chi connectivity index (χ1n) is 9.79. The van der Waals surface area contributed by atoms with E-state index in [1.807, 2.05) is 0 Å². The van der Waals surface area contributed by atoms with Crippen LogP contribution in [0.1, 0.15) is 27.7 Å². The van der Waals surface area contributed by atoms with Crippen LogP contribution in [0.2, 0.25) is 0 Å². The summed E-state index contributed by atoms with van der Waals surface area (Å²) in [6.07, 6.45) is -3.38. The van der Waals surface area contributed by atoms with Crippen molar-refractivity contribution in [2.45, 2.75) is 62.4 Å². The fraction of sp³-hybridized carbons (Fsp3) is 0.500. The smallest absolute Gasteiger partial charge is 0.303 e. The molecule has 2 rings (SSSR count). The van der Waals surface area contributed by atoms with Crippen LogP contribution in [-0.2, 0) is 38.1 Å². The van der Waals surface area contributed by atoms with Gasteiger partial charge in [0.25, 0.3) is 5.69 Å². The van der Waals surface area contributed by atoms with Gasteiger partial charge in [-0.05, 0) is 12.1 Å². The molecule has 1 heterocycles. The van der Waals surface area contributed by atoms with Crippen molar-refractivity contribution in [1.82, 2.24) is 5.32 Å². The molecular weight excluding hydrogens is 460 g/mol. The van der Waals surface area contributed by atoms with Gasteiger partial charge in [0, 0.05) is 44.7 Å². The average molecular weight is 484 g/mol. The van der Waals surface area contributed by atoms with E-state index in [4.69, 9.17) is 18.9 Å². The van der Waals surface area contributed by atoms with Crippen molar-refractivity contribution in [2.75, 3.05) is 6.61 Å². The van der Waals surface area contributed by atoms with E-state index in [1.54, 1.807) is 0 Å². The molecule has 5 atom stereocenters. The highest BCUT2D eigenvalue weighted by Crippen LogP contribution is 2.36. The maximum Gasteiger partial charge on any atom is 0.303 e. The fourth-order valence-electron chi connectivity index (χ4n) is 3.17. The molecule has 0 bridgehead atoms. The van der Waals surface area contributed by atoms with Crippen molar-refractivity contribution in [1.29, 1.82) is 0 Å². The van der Waals surface area contributed by atoms with E-state index in [1.165, 1.54) is 38.1 Å². The zero-order valence-corrected chi connectivity index (χ0v) is 19.2. The molecule has 1 amide bonds. The second-order valence-corrected chi connectivity index (χ2v) is 8.26. The molecule has 0 radical (unpaired) electrons. The van der Waals surface area contributed by atoms with Crippen LogP contribution in [0.5, 0.6) is 0 Å². The average Bonchev–Trinajstić information content (AvgIpc) is 2.70. The number of hydrogen-bond donors (Lipinski definition) is 1. The van der Waals surface area contributed by atoms with Gasteiger partial charge in [0.05, 0.1) is 4.92 Å². The van der Waals surface area contributed by atoms with Gasteiger partial charge >= 0.3 is 17.9 Å². The molecule has 180 valence electrons. The van der Waals surface area contributed by atoms with Crippen molar-refractivity contribution in [3.8, 4) is 0 Å². The lowest BCUT2D eigenvalue weighted by Crippen LogP contribution is -2.65. The number of carbonyl (C=O) groups is 4. The zero-order valence-electron chi connectivity index (χ0n) is 18.3. The Labute approximate surface area is 193 Å². The third-order valence-corrected chi connectivity index (χ3v) is 5.55. The molecular formula is C20H24N2O10S. The molecule has 1 fully saturated rings. The summed E-state index contributed by atoms with van der Waals surface area (Å²) in [6, 6.07) is 4.64. The summed E-state index contributed by atoms with van der Waals surface area (Å²) in [5.41, 5.74) is -1.00. The normalized spacial score (nSPS) is 24.3. The molecule has 33 heavy (non-hydrogen) atoms. The summed E-state index contributed by atoms with van der Waals surface area (Å²) >= 11 is 1.09. The molecule has 1 aromatic rings. The lowest BCUT2D eigenvalue weighted by atomic mass is 9.97. The Morgan fingerprint density at radius 3 is 2.06 bits per heavy atom. The predicted octanol–water partition coefficient (Wildman–Crippen LogP) is 1.34. The number of thioether (sulfide) groups is 1. The van der Waals surface area contributed by atoms with Crippen LogP contribution < -0.4 is 5.32 Å². The molecule has 1 saturated heterocycles. The SMILES string of the molecule is CC(=O)N[C@@H]1[C@@H](OC(C)=O)[C@H](OC(C)=O)[C@@H](COC(C)=O)O[C@@H]1Sc1ccc([N+](=O)[O-])cc1. The highest BCUT2D eigenvalue weighted by molar-refractivity contribution is 7.99. The highest BCUT2D eigenvalue weighted by atomic mass is 32.2. The Bertz CT molecular complexity index is 907. The summed E-state index contributed by atoms with van der Waals surface area (Å²) in [6.45, 7) is 4.44. The summed E-state index contributed by atoms with van der Waals surface area (Å²) in [5.74, 6) is -2.46.